The van der Waals surface area contributed by atoms with Gasteiger partial charge < -0.3 is 4.74 Å². The molecule has 0 atom stereocenters. The summed E-state index contributed by atoms with van der Waals surface area (Å²) in [7, 11) is 0. The fourth-order valence-electron chi connectivity index (χ4n) is 3.46. The van der Waals surface area contributed by atoms with E-state index in [2.05, 4.69) is 58.2 Å². The topological polar surface area (TPSA) is 27.1 Å². The first-order valence-corrected chi connectivity index (χ1v) is 6.94. The van der Waals surface area contributed by atoms with Gasteiger partial charge in [0, 0.05) is 0 Å². The molecule has 0 fully saturated rings. The fraction of sp³-hybridized carbons (Fsp3) is 0.800. The predicted molar refractivity (Wildman–Crippen MR) is 73.5 cm³/mol. The van der Waals surface area contributed by atoms with Crippen molar-refractivity contribution in [2.45, 2.75) is 66.2 Å². The lowest BCUT2D eigenvalue weighted by Gasteiger charge is -2.50. The van der Waals surface area contributed by atoms with E-state index in [1.165, 1.54) is 11.3 Å². The average Bonchev–Trinajstić information content (AvgIpc) is 2.56. The molecule has 2 heterocycles. The minimum Gasteiger partial charge on any atom is -0.360 e. The van der Waals surface area contributed by atoms with Crippen molar-refractivity contribution in [1.82, 2.24) is 9.78 Å². The van der Waals surface area contributed by atoms with Gasteiger partial charge in [-0.05, 0) is 38.2 Å². The monoisotopic (exact) mass is 250 g/mol. The molecule has 0 unspecified atom stereocenters. The molecule has 1 aliphatic rings. The first-order chi connectivity index (χ1) is 8.20. The second-order valence-electron chi connectivity index (χ2n) is 6.80. The normalized spacial score (nSPS) is 21.4. The molecular formula is C15H26N2O. The van der Waals surface area contributed by atoms with Crippen LogP contribution < -0.4 is 0 Å². The predicted octanol–water partition coefficient (Wildman–Crippen LogP) is 3.51. The second kappa shape index (κ2) is 4.09. The summed E-state index contributed by atoms with van der Waals surface area (Å²) in [6.07, 6.45) is 1.97. The summed E-state index contributed by atoms with van der Waals surface area (Å²) in [5.41, 5.74) is 2.11. The Balaban J connectivity index is 2.68. The third-order valence-electron chi connectivity index (χ3n) is 4.08. The summed E-state index contributed by atoms with van der Waals surface area (Å²) < 4.78 is 8.74. The van der Waals surface area contributed by atoms with Crippen LogP contribution in [0, 0.1) is 18.8 Å². The molecule has 0 bridgehead atoms. The van der Waals surface area contributed by atoms with E-state index in [4.69, 9.17) is 4.74 Å². The van der Waals surface area contributed by atoms with Crippen LogP contribution in [-0.4, -0.2) is 15.4 Å². The van der Waals surface area contributed by atoms with Crippen LogP contribution in [0.15, 0.2) is 6.20 Å². The summed E-state index contributed by atoms with van der Waals surface area (Å²) in [4.78, 5) is 0. The lowest BCUT2D eigenvalue weighted by Crippen LogP contribution is -2.54. The third kappa shape index (κ3) is 1.80. The Morgan fingerprint density at radius 3 is 2.28 bits per heavy atom. The quantitative estimate of drug-likeness (QED) is 0.803. The van der Waals surface area contributed by atoms with Gasteiger partial charge in [0.15, 0.2) is 0 Å². The van der Waals surface area contributed by atoms with Crippen LogP contribution in [0.3, 0.4) is 0 Å². The van der Waals surface area contributed by atoms with Gasteiger partial charge in [-0.15, -0.1) is 0 Å². The Hall–Kier alpha value is -0.830. The molecule has 3 nitrogen and oxygen atoms in total. The van der Waals surface area contributed by atoms with E-state index in [0.717, 1.165) is 6.54 Å². The highest BCUT2D eigenvalue weighted by Crippen LogP contribution is 2.47. The van der Waals surface area contributed by atoms with Crippen molar-refractivity contribution < 1.29 is 4.74 Å². The molecule has 1 aromatic rings. The minimum atomic E-state index is -0.234. The molecule has 0 aliphatic carbocycles. The highest BCUT2D eigenvalue weighted by Gasteiger charge is 2.50. The van der Waals surface area contributed by atoms with Gasteiger partial charge in [0.25, 0.3) is 0 Å². The maximum atomic E-state index is 6.59. The first-order valence-electron chi connectivity index (χ1n) is 6.94. The van der Waals surface area contributed by atoms with Gasteiger partial charge in [-0.1, -0.05) is 27.7 Å². The van der Waals surface area contributed by atoms with Crippen molar-refractivity contribution in [3.63, 3.8) is 0 Å². The van der Waals surface area contributed by atoms with Gasteiger partial charge in [-0.3, -0.25) is 4.68 Å². The molecule has 0 spiro atoms. The summed E-state index contributed by atoms with van der Waals surface area (Å²) >= 11 is 0. The molecule has 3 heteroatoms. The van der Waals surface area contributed by atoms with Crippen molar-refractivity contribution in [3.8, 4) is 0 Å². The van der Waals surface area contributed by atoms with Crippen LogP contribution in [-0.2, 0) is 16.9 Å². The highest BCUT2D eigenvalue weighted by molar-refractivity contribution is 5.27. The Morgan fingerprint density at radius 2 is 1.78 bits per heavy atom. The van der Waals surface area contributed by atoms with Gasteiger partial charge in [0.2, 0.25) is 0 Å². The second-order valence-corrected chi connectivity index (χ2v) is 6.80. The molecule has 18 heavy (non-hydrogen) atoms. The summed E-state index contributed by atoms with van der Waals surface area (Å²) in [6, 6.07) is 0. The van der Waals surface area contributed by atoms with E-state index in [-0.39, 0.29) is 11.2 Å². The molecule has 0 saturated carbocycles. The van der Waals surface area contributed by atoms with Gasteiger partial charge >= 0.3 is 0 Å². The van der Waals surface area contributed by atoms with E-state index >= 15 is 0 Å². The zero-order chi connectivity index (χ0) is 13.7. The van der Waals surface area contributed by atoms with Crippen LogP contribution in [0.1, 0.15) is 52.8 Å². The highest BCUT2D eigenvalue weighted by atomic mass is 16.5. The van der Waals surface area contributed by atoms with E-state index in [1.807, 2.05) is 6.20 Å². The molecular weight excluding hydrogens is 224 g/mol. The number of nitrogens with zero attached hydrogens (tertiary/aromatic N) is 2. The molecule has 0 saturated heterocycles. The van der Waals surface area contributed by atoms with Gasteiger partial charge in [-0.25, -0.2) is 0 Å². The lowest BCUT2D eigenvalue weighted by atomic mass is 9.74. The molecule has 102 valence electrons. The van der Waals surface area contributed by atoms with Crippen LogP contribution in [0.5, 0.6) is 0 Å². The molecule has 0 N–H and O–H groups in total. The maximum absolute atomic E-state index is 6.59. The van der Waals surface area contributed by atoms with E-state index in [9.17, 15) is 0 Å². The number of aromatic nitrogens is 2. The smallest absolute Gasteiger partial charge is 0.115 e. The maximum Gasteiger partial charge on any atom is 0.115 e. The van der Waals surface area contributed by atoms with Crippen LogP contribution in [0.2, 0.25) is 0 Å². The Kier molecular flexibility index (Phi) is 3.09. The Morgan fingerprint density at radius 1 is 1.22 bits per heavy atom. The van der Waals surface area contributed by atoms with Gasteiger partial charge in [0.1, 0.15) is 5.60 Å². The molecule has 0 radical (unpaired) electrons. The Labute approximate surface area is 111 Å². The zero-order valence-electron chi connectivity index (χ0n) is 12.7. The number of hydrogen-bond donors (Lipinski definition) is 0. The van der Waals surface area contributed by atoms with Crippen LogP contribution >= 0.6 is 0 Å². The number of rotatable bonds is 2. The van der Waals surface area contributed by atoms with Crippen molar-refractivity contribution >= 4 is 0 Å². The molecule has 2 rings (SSSR count). The van der Waals surface area contributed by atoms with Crippen LogP contribution in [0.4, 0.5) is 0 Å². The SMILES string of the molecule is Cc1cnn2c1C(C(C)C)(C(C)C)OC(C)(C)C2. The average molecular weight is 250 g/mol. The van der Waals surface area contributed by atoms with Crippen LogP contribution in [0.25, 0.3) is 0 Å². The van der Waals surface area contributed by atoms with Crippen molar-refractivity contribution in [1.29, 1.82) is 0 Å². The van der Waals surface area contributed by atoms with Crippen molar-refractivity contribution in [2.24, 2.45) is 11.8 Å². The zero-order valence-corrected chi connectivity index (χ0v) is 12.7. The Bertz CT molecular complexity index is 435. The number of hydrogen-bond acceptors (Lipinski definition) is 2. The lowest BCUT2D eigenvalue weighted by molar-refractivity contribution is -0.220. The first kappa shape index (κ1) is 13.6. The van der Waals surface area contributed by atoms with E-state index in [1.54, 1.807) is 0 Å². The summed E-state index contributed by atoms with van der Waals surface area (Å²) in [5.74, 6) is 0.845. The molecule has 1 aliphatic heterocycles. The minimum absolute atomic E-state index is 0.167. The van der Waals surface area contributed by atoms with Crippen molar-refractivity contribution in [2.75, 3.05) is 0 Å². The van der Waals surface area contributed by atoms with Gasteiger partial charge in [-0.2, -0.15) is 5.10 Å². The summed E-state index contributed by atoms with van der Waals surface area (Å²) in [6.45, 7) is 16.3. The molecule has 0 aromatic carbocycles. The summed E-state index contributed by atoms with van der Waals surface area (Å²) in [5, 5.41) is 4.55. The van der Waals surface area contributed by atoms with E-state index in [0.29, 0.717) is 11.8 Å². The number of fused-ring (bicyclic) bond motifs is 1. The molecule has 0 amide bonds. The number of aryl methyl sites for hydroxylation is 1. The third-order valence-corrected chi connectivity index (χ3v) is 4.08. The fourth-order valence-corrected chi connectivity index (χ4v) is 3.46. The standard InChI is InChI=1S/C15H26N2O/c1-10(2)15(11(3)4)13-12(5)8-16-17(13)9-14(6,7)18-15/h8,10-11H,9H2,1-7H3. The largest absolute Gasteiger partial charge is 0.360 e. The number of ether oxygens (including phenoxy) is 1. The molecule has 1 aromatic heterocycles. The van der Waals surface area contributed by atoms with Gasteiger partial charge in [0.05, 0.1) is 24.0 Å². The van der Waals surface area contributed by atoms with Crippen molar-refractivity contribution in [3.05, 3.63) is 17.5 Å². The van der Waals surface area contributed by atoms with E-state index < -0.39 is 0 Å².